The number of nitrogens with one attached hydrogen (secondary N) is 1. The smallest absolute Gasteiger partial charge is 0.245 e. The summed E-state index contributed by atoms with van der Waals surface area (Å²) in [6.07, 6.45) is -0.0580. The average molecular weight is 317 g/mol. The second-order valence-corrected chi connectivity index (χ2v) is 5.66. The average Bonchev–Trinajstić information content (AvgIpc) is 2.76. The van der Waals surface area contributed by atoms with Crippen LogP contribution >= 0.6 is 11.6 Å². The molecule has 22 heavy (non-hydrogen) atoms. The van der Waals surface area contributed by atoms with E-state index in [1.54, 1.807) is 24.3 Å². The van der Waals surface area contributed by atoms with Crippen LogP contribution in [0.15, 0.2) is 42.5 Å². The van der Waals surface area contributed by atoms with Gasteiger partial charge in [0.25, 0.3) is 0 Å². The molecular formula is C16H13ClN2O3. The first-order valence-corrected chi connectivity index (χ1v) is 7.01. The van der Waals surface area contributed by atoms with Crippen LogP contribution in [0.2, 0.25) is 5.02 Å². The Balaban J connectivity index is 2.17. The molecule has 0 bridgehead atoms. The number of rotatable bonds is 3. The maximum atomic E-state index is 12.5. The van der Waals surface area contributed by atoms with Gasteiger partial charge in [-0.15, -0.1) is 0 Å². The molecule has 1 atom stereocenters. The molecule has 6 heteroatoms. The maximum Gasteiger partial charge on any atom is 0.245 e. The summed E-state index contributed by atoms with van der Waals surface area (Å²) in [4.78, 5) is 24.6. The molecule has 0 saturated heterocycles. The molecule has 0 saturated carbocycles. The molecule has 1 aliphatic heterocycles. The molecule has 2 aromatic rings. The lowest BCUT2D eigenvalue weighted by atomic mass is 9.75. The molecule has 2 amide bonds. The van der Waals surface area contributed by atoms with Gasteiger partial charge in [-0.2, -0.15) is 0 Å². The Morgan fingerprint density at radius 3 is 2.73 bits per heavy atom. The third-order valence-corrected chi connectivity index (χ3v) is 4.18. The Hall–Kier alpha value is -2.53. The van der Waals surface area contributed by atoms with Gasteiger partial charge in [0.1, 0.15) is 5.75 Å². The molecule has 0 spiro atoms. The Labute approximate surface area is 131 Å². The van der Waals surface area contributed by atoms with E-state index in [0.29, 0.717) is 21.8 Å². The van der Waals surface area contributed by atoms with Crippen LogP contribution < -0.4 is 11.1 Å². The van der Waals surface area contributed by atoms with E-state index in [9.17, 15) is 14.7 Å². The summed E-state index contributed by atoms with van der Waals surface area (Å²) in [6, 6.07) is 11.3. The van der Waals surface area contributed by atoms with Crippen molar-refractivity contribution in [2.24, 2.45) is 5.73 Å². The van der Waals surface area contributed by atoms with Crippen molar-refractivity contribution in [1.29, 1.82) is 0 Å². The number of hydrogen-bond donors (Lipinski definition) is 3. The fourth-order valence-corrected chi connectivity index (χ4v) is 3.00. The van der Waals surface area contributed by atoms with Crippen LogP contribution in [0.1, 0.15) is 11.1 Å². The Kier molecular flexibility index (Phi) is 3.30. The van der Waals surface area contributed by atoms with E-state index in [0.717, 1.165) is 0 Å². The number of primary amides is 1. The van der Waals surface area contributed by atoms with Crippen molar-refractivity contribution in [1.82, 2.24) is 0 Å². The minimum atomic E-state index is -1.56. The number of nitrogens with two attached hydrogens (primary N) is 1. The summed E-state index contributed by atoms with van der Waals surface area (Å²) in [5.41, 5.74) is 5.45. The predicted molar refractivity (Wildman–Crippen MR) is 82.8 cm³/mol. The van der Waals surface area contributed by atoms with Gasteiger partial charge in [-0.05, 0) is 29.8 Å². The molecule has 3 rings (SSSR count). The van der Waals surface area contributed by atoms with Gasteiger partial charge in [-0.3, -0.25) is 9.59 Å². The zero-order chi connectivity index (χ0) is 15.9. The maximum absolute atomic E-state index is 12.5. The highest BCUT2D eigenvalue weighted by Gasteiger charge is 2.52. The van der Waals surface area contributed by atoms with E-state index in [2.05, 4.69) is 5.32 Å². The third-order valence-electron chi connectivity index (χ3n) is 3.94. The molecule has 4 N–H and O–H groups in total. The Bertz CT molecular complexity index is 791. The number of aromatic hydroxyl groups is 1. The van der Waals surface area contributed by atoms with E-state index in [1.165, 1.54) is 18.2 Å². The Morgan fingerprint density at radius 2 is 2.00 bits per heavy atom. The summed E-state index contributed by atoms with van der Waals surface area (Å²) < 4.78 is 0. The molecule has 2 aromatic carbocycles. The van der Waals surface area contributed by atoms with Crippen LogP contribution in [-0.2, 0) is 21.4 Å². The van der Waals surface area contributed by atoms with Crippen molar-refractivity contribution in [3.8, 4) is 5.75 Å². The van der Waals surface area contributed by atoms with E-state index in [1.807, 2.05) is 0 Å². The standard InChI is InChI=1S/C16H13ClN2O3/c17-10-5-6-13(20)9(7-10)8-16(14(18)21)11-3-1-2-4-12(11)19-15(16)22/h1-7,20H,8H2,(H2,18,21)(H,19,22). The molecule has 1 heterocycles. The molecule has 0 fully saturated rings. The van der Waals surface area contributed by atoms with Crippen LogP contribution in [0.5, 0.6) is 5.75 Å². The molecule has 1 aliphatic rings. The highest BCUT2D eigenvalue weighted by atomic mass is 35.5. The van der Waals surface area contributed by atoms with Crippen LogP contribution in [-0.4, -0.2) is 16.9 Å². The van der Waals surface area contributed by atoms with E-state index < -0.39 is 17.2 Å². The van der Waals surface area contributed by atoms with Crippen molar-refractivity contribution < 1.29 is 14.7 Å². The molecule has 0 aliphatic carbocycles. The fraction of sp³-hybridized carbons (Fsp3) is 0.125. The largest absolute Gasteiger partial charge is 0.508 e. The van der Waals surface area contributed by atoms with Gasteiger partial charge in [0.05, 0.1) is 0 Å². The highest BCUT2D eigenvalue weighted by molar-refractivity contribution is 6.30. The number of benzene rings is 2. The molecule has 1 unspecified atom stereocenters. The molecular weight excluding hydrogens is 304 g/mol. The lowest BCUT2D eigenvalue weighted by Gasteiger charge is -2.24. The quantitative estimate of drug-likeness (QED) is 0.756. The predicted octanol–water partition coefficient (Wildman–Crippen LogP) is 1.96. The number of phenolic OH excluding ortho intramolecular Hbond substituents is 1. The lowest BCUT2D eigenvalue weighted by molar-refractivity contribution is -0.132. The molecule has 0 radical (unpaired) electrons. The van der Waals surface area contributed by atoms with Crippen molar-refractivity contribution in [2.75, 3.05) is 5.32 Å². The van der Waals surface area contributed by atoms with Gasteiger partial charge in [0.15, 0.2) is 5.41 Å². The lowest BCUT2D eigenvalue weighted by Crippen LogP contribution is -2.48. The van der Waals surface area contributed by atoms with Crippen LogP contribution in [0.25, 0.3) is 0 Å². The minimum absolute atomic E-state index is 0.0396. The first-order valence-electron chi connectivity index (χ1n) is 6.63. The van der Waals surface area contributed by atoms with Gasteiger partial charge in [-0.25, -0.2) is 0 Å². The van der Waals surface area contributed by atoms with Crippen molar-refractivity contribution in [2.45, 2.75) is 11.8 Å². The highest BCUT2D eigenvalue weighted by Crippen LogP contribution is 2.41. The second-order valence-electron chi connectivity index (χ2n) is 5.22. The summed E-state index contributed by atoms with van der Waals surface area (Å²) in [5, 5.41) is 13.1. The number of carbonyl (C=O) groups is 2. The summed E-state index contributed by atoms with van der Waals surface area (Å²) in [6.45, 7) is 0. The third kappa shape index (κ3) is 2.02. The number of anilines is 1. The fourth-order valence-electron chi connectivity index (χ4n) is 2.80. The number of hydrogen-bond acceptors (Lipinski definition) is 3. The summed E-state index contributed by atoms with van der Waals surface area (Å²) in [5.74, 6) is -1.31. The van der Waals surface area contributed by atoms with Crippen molar-refractivity contribution >= 4 is 29.1 Å². The number of carbonyl (C=O) groups excluding carboxylic acids is 2. The zero-order valence-electron chi connectivity index (χ0n) is 11.5. The minimum Gasteiger partial charge on any atom is -0.508 e. The van der Waals surface area contributed by atoms with Gasteiger partial charge in [0.2, 0.25) is 11.8 Å². The topological polar surface area (TPSA) is 92.4 Å². The number of amides is 2. The summed E-state index contributed by atoms with van der Waals surface area (Å²) >= 11 is 5.94. The van der Waals surface area contributed by atoms with Crippen LogP contribution in [0.3, 0.4) is 0 Å². The first kappa shape index (κ1) is 14.4. The van der Waals surface area contributed by atoms with E-state index in [4.69, 9.17) is 17.3 Å². The monoisotopic (exact) mass is 316 g/mol. The number of halogens is 1. The van der Waals surface area contributed by atoms with Gasteiger partial charge in [-0.1, -0.05) is 29.8 Å². The molecule has 0 aromatic heterocycles. The SMILES string of the molecule is NC(=O)C1(Cc2cc(Cl)ccc2O)C(=O)Nc2ccccc21. The first-order chi connectivity index (χ1) is 10.4. The summed E-state index contributed by atoms with van der Waals surface area (Å²) in [7, 11) is 0. The van der Waals surface area contributed by atoms with Crippen molar-refractivity contribution in [3.63, 3.8) is 0 Å². The van der Waals surface area contributed by atoms with Gasteiger partial charge >= 0.3 is 0 Å². The van der Waals surface area contributed by atoms with Crippen LogP contribution in [0.4, 0.5) is 5.69 Å². The zero-order valence-corrected chi connectivity index (χ0v) is 12.2. The number of para-hydroxylation sites is 1. The molecule has 112 valence electrons. The Morgan fingerprint density at radius 1 is 1.27 bits per heavy atom. The normalized spacial score (nSPS) is 19.6. The van der Waals surface area contributed by atoms with Crippen molar-refractivity contribution in [3.05, 3.63) is 58.6 Å². The molecule has 5 nitrogen and oxygen atoms in total. The second kappa shape index (κ2) is 5.03. The van der Waals surface area contributed by atoms with Gasteiger partial charge < -0.3 is 16.2 Å². The van der Waals surface area contributed by atoms with Crippen LogP contribution in [0, 0.1) is 0 Å². The van der Waals surface area contributed by atoms with Gasteiger partial charge in [0, 0.05) is 22.7 Å². The number of fused-ring (bicyclic) bond motifs is 1. The van der Waals surface area contributed by atoms with E-state index >= 15 is 0 Å². The van der Waals surface area contributed by atoms with E-state index in [-0.39, 0.29) is 12.2 Å². The number of phenols is 1.